The van der Waals surface area contributed by atoms with E-state index in [4.69, 9.17) is 9.47 Å². The largest absolute Gasteiger partial charge is 0.504 e. The number of phenols is 1. The lowest BCUT2D eigenvalue weighted by Crippen LogP contribution is -2.01. The van der Waals surface area contributed by atoms with Gasteiger partial charge in [-0.25, -0.2) is 0 Å². The predicted molar refractivity (Wildman–Crippen MR) is 46.0 cm³/mol. The maximum Gasteiger partial charge on any atom is 0.308 e. The van der Waals surface area contributed by atoms with Gasteiger partial charge in [0.1, 0.15) is 5.75 Å². The number of hydrogen-bond donors (Lipinski definition) is 1. The Balaban J connectivity index is 2.96. The molecule has 0 aliphatic heterocycles. The second-order valence-electron chi connectivity index (χ2n) is 2.43. The average Bonchev–Trinajstić information content (AvgIpc) is 2.08. The molecule has 0 spiro atoms. The van der Waals surface area contributed by atoms with Gasteiger partial charge >= 0.3 is 5.97 Å². The minimum absolute atomic E-state index is 0.0870. The Morgan fingerprint density at radius 1 is 1.46 bits per heavy atom. The molecule has 0 aliphatic carbocycles. The van der Waals surface area contributed by atoms with Crippen LogP contribution in [0.25, 0.3) is 0 Å². The number of ether oxygens (including phenoxy) is 2. The van der Waals surface area contributed by atoms with E-state index >= 15 is 0 Å². The first kappa shape index (κ1) is 9.38. The fraction of sp³-hybridized carbons (Fsp3) is 0.222. The molecule has 0 aliphatic rings. The van der Waals surface area contributed by atoms with Gasteiger partial charge in [0.2, 0.25) is 0 Å². The zero-order chi connectivity index (χ0) is 9.84. The normalized spacial score (nSPS) is 9.38. The number of benzene rings is 1. The summed E-state index contributed by atoms with van der Waals surface area (Å²) >= 11 is 0. The molecule has 0 atom stereocenters. The highest BCUT2D eigenvalue weighted by Crippen LogP contribution is 2.29. The summed E-state index contributed by atoms with van der Waals surface area (Å²) < 4.78 is 9.61. The third kappa shape index (κ3) is 2.37. The van der Waals surface area contributed by atoms with Crippen molar-refractivity contribution < 1.29 is 19.4 Å². The van der Waals surface area contributed by atoms with Crippen LogP contribution in [0, 0.1) is 0 Å². The minimum Gasteiger partial charge on any atom is -0.504 e. The molecule has 0 heterocycles. The first-order valence-electron chi connectivity index (χ1n) is 3.69. The van der Waals surface area contributed by atoms with Gasteiger partial charge in [-0.3, -0.25) is 4.79 Å². The van der Waals surface area contributed by atoms with Crippen molar-refractivity contribution in [3.05, 3.63) is 18.2 Å². The highest BCUT2D eigenvalue weighted by Gasteiger charge is 2.06. The number of carbonyl (C=O) groups excluding carboxylic acids is 1. The van der Waals surface area contributed by atoms with Crippen LogP contribution in [0.2, 0.25) is 0 Å². The van der Waals surface area contributed by atoms with Crippen molar-refractivity contribution in [3.8, 4) is 17.2 Å². The molecule has 70 valence electrons. The molecular formula is C9H10O4. The van der Waals surface area contributed by atoms with Gasteiger partial charge in [0.05, 0.1) is 7.11 Å². The Kier molecular flexibility index (Phi) is 2.74. The number of esters is 1. The maximum atomic E-state index is 10.6. The molecule has 4 nitrogen and oxygen atoms in total. The van der Waals surface area contributed by atoms with Gasteiger partial charge in [0.15, 0.2) is 11.5 Å². The van der Waals surface area contributed by atoms with Crippen LogP contribution in [0.5, 0.6) is 17.2 Å². The number of methoxy groups -OCH3 is 1. The molecule has 1 aromatic rings. The fourth-order valence-corrected chi connectivity index (χ4v) is 0.858. The highest BCUT2D eigenvalue weighted by atomic mass is 16.5. The van der Waals surface area contributed by atoms with E-state index in [1.165, 1.54) is 26.2 Å². The standard InChI is InChI=1S/C9H10O4/c1-6(10)13-9-5-7(12-2)3-4-8(9)11/h3-5,11H,1-2H3. The van der Waals surface area contributed by atoms with Gasteiger partial charge in [-0.1, -0.05) is 0 Å². The fourth-order valence-electron chi connectivity index (χ4n) is 0.858. The zero-order valence-corrected chi connectivity index (χ0v) is 7.40. The quantitative estimate of drug-likeness (QED) is 0.553. The smallest absolute Gasteiger partial charge is 0.308 e. The van der Waals surface area contributed by atoms with E-state index in [1.54, 1.807) is 6.07 Å². The molecule has 0 aromatic heterocycles. The number of carbonyl (C=O) groups is 1. The molecule has 13 heavy (non-hydrogen) atoms. The van der Waals surface area contributed by atoms with E-state index in [0.717, 1.165) is 0 Å². The molecule has 0 bridgehead atoms. The topological polar surface area (TPSA) is 55.8 Å². The number of phenolic OH excluding ortho intramolecular Hbond substituents is 1. The third-order valence-corrected chi connectivity index (χ3v) is 1.42. The monoisotopic (exact) mass is 182 g/mol. The SMILES string of the molecule is COc1ccc(O)c(OC(C)=O)c1. The van der Waals surface area contributed by atoms with Crippen molar-refractivity contribution in [1.82, 2.24) is 0 Å². The minimum atomic E-state index is -0.483. The van der Waals surface area contributed by atoms with Crippen LogP contribution in [-0.4, -0.2) is 18.2 Å². The van der Waals surface area contributed by atoms with E-state index in [-0.39, 0.29) is 11.5 Å². The number of aromatic hydroxyl groups is 1. The van der Waals surface area contributed by atoms with Gasteiger partial charge < -0.3 is 14.6 Å². The van der Waals surface area contributed by atoms with Crippen molar-refractivity contribution in [2.75, 3.05) is 7.11 Å². The van der Waals surface area contributed by atoms with Crippen molar-refractivity contribution in [1.29, 1.82) is 0 Å². The van der Waals surface area contributed by atoms with Crippen molar-refractivity contribution in [2.24, 2.45) is 0 Å². The van der Waals surface area contributed by atoms with Crippen LogP contribution in [-0.2, 0) is 4.79 Å². The molecule has 0 saturated heterocycles. The van der Waals surface area contributed by atoms with Crippen LogP contribution in [0.3, 0.4) is 0 Å². The lowest BCUT2D eigenvalue weighted by atomic mass is 10.3. The first-order valence-corrected chi connectivity index (χ1v) is 3.69. The molecule has 0 unspecified atom stereocenters. The molecule has 1 aromatic carbocycles. The Morgan fingerprint density at radius 2 is 2.15 bits per heavy atom. The molecule has 1 rings (SSSR count). The van der Waals surface area contributed by atoms with Crippen molar-refractivity contribution >= 4 is 5.97 Å². The summed E-state index contributed by atoms with van der Waals surface area (Å²) in [6.07, 6.45) is 0. The van der Waals surface area contributed by atoms with Crippen LogP contribution < -0.4 is 9.47 Å². The number of hydrogen-bond acceptors (Lipinski definition) is 4. The highest BCUT2D eigenvalue weighted by molar-refractivity contribution is 5.70. The summed E-state index contributed by atoms with van der Waals surface area (Å²) in [6, 6.07) is 4.41. The van der Waals surface area contributed by atoms with Crippen molar-refractivity contribution in [3.63, 3.8) is 0 Å². The van der Waals surface area contributed by atoms with Gasteiger partial charge in [0, 0.05) is 13.0 Å². The van der Waals surface area contributed by atoms with E-state index in [1.807, 2.05) is 0 Å². The Morgan fingerprint density at radius 3 is 2.69 bits per heavy atom. The second-order valence-corrected chi connectivity index (χ2v) is 2.43. The zero-order valence-electron chi connectivity index (χ0n) is 7.40. The summed E-state index contributed by atoms with van der Waals surface area (Å²) in [5, 5.41) is 9.25. The summed E-state index contributed by atoms with van der Waals surface area (Å²) in [5.74, 6) is 0.0560. The maximum absolute atomic E-state index is 10.6. The lowest BCUT2D eigenvalue weighted by Gasteiger charge is -2.05. The van der Waals surface area contributed by atoms with Gasteiger partial charge in [-0.05, 0) is 12.1 Å². The number of rotatable bonds is 2. The van der Waals surface area contributed by atoms with E-state index in [0.29, 0.717) is 5.75 Å². The van der Waals surface area contributed by atoms with Gasteiger partial charge in [-0.15, -0.1) is 0 Å². The van der Waals surface area contributed by atoms with E-state index in [2.05, 4.69) is 0 Å². The molecule has 0 saturated carbocycles. The molecule has 0 radical (unpaired) electrons. The molecule has 0 amide bonds. The molecule has 0 fully saturated rings. The van der Waals surface area contributed by atoms with Gasteiger partial charge in [-0.2, -0.15) is 0 Å². The molecule has 1 N–H and O–H groups in total. The Hall–Kier alpha value is -1.71. The van der Waals surface area contributed by atoms with Crippen molar-refractivity contribution in [2.45, 2.75) is 6.92 Å². The van der Waals surface area contributed by atoms with Crippen LogP contribution in [0.4, 0.5) is 0 Å². The van der Waals surface area contributed by atoms with Crippen LogP contribution in [0.15, 0.2) is 18.2 Å². The molecular weight excluding hydrogens is 172 g/mol. The molecule has 4 heteroatoms. The summed E-state index contributed by atoms with van der Waals surface area (Å²) in [6.45, 7) is 1.26. The average molecular weight is 182 g/mol. The lowest BCUT2D eigenvalue weighted by molar-refractivity contribution is -0.132. The predicted octanol–water partition coefficient (Wildman–Crippen LogP) is 1.33. The van der Waals surface area contributed by atoms with Crippen LogP contribution in [0.1, 0.15) is 6.92 Å². The summed E-state index contributed by atoms with van der Waals surface area (Å²) in [4.78, 5) is 10.6. The third-order valence-electron chi connectivity index (χ3n) is 1.42. The Bertz CT molecular complexity index is 319. The summed E-state index contributed by atoms with van der Waals surface area (Å²) in [5.41, 5.74) is 0. The first-order chi connectivity index (χ1) is 6.13. The van der Waals surface area contributed by atoms with Gasteiger partial charge in [0.25, 0.3) is 0 Å². The van der Waals surface area contributed by atoms with E-state index in [9.17, 15) is 9.90 Å². The van der Waals surface area contributed by atoms with E-state index < -0.39 is 5.97 Å². The second kappa shape index (κ2) is 3.80. The van der Waals surface area contributed by atoms with Crippen LogP contribution >= 0.6 is 0 Å². The Labute approximate surface area is 75.7 Å². The summed E-state index contributed by atoms with van der Waals surface area (Å²) in [7, 11) is 1.49.